The molecule has 0 unspecified atom stereocenters. The van der Waals surface area contributed by atoms with Crippen LogP contribution >= 0.6 is 0 Å². The lowest BCUT2D eigenvalue weighted by atomic mass is 9.84. The number of nitrogens with zero attached hydrogens (tertiary/aromatic N) is 2. The highest BCUT2D eigenvalue weighted by atomic mass is 16.6. The predicted octanol–water partition coefficient (Wildman–Crippen LogP) is 6.49. The van der Waals surface area contributed by atoms with Crippen LogP contribution in [-0.4, -0.2) is 23.0 Å². The van der Waals surface area contributed by atoms with Gasteiger partial charge in [0.2, 0.25) is 0 Å². The molecule has 0 aliphatic carbocycles. The summed E-state index contributed by atoms with van der Waals surface area (Å²) in [5, 5.41) is 5.09. The fourth-order valence-corrected chi connectivity index (χ4v) is 4.57. The average molecular weight is 445 g/mol. The Hall–Kier alpha value is -4.31. The largest absolute Gasteiger partial charge is 0.486 e. The summed E-state index contributed by atoms with van der Waals surface area (Å²) in [7, 11) is 0. The van der Waals surface area contributed by atoms with Gasteiger partial charge in [0, 0.05) is 23.2 Å². The normalized spacial score (nSPS) is 12.6. The van der Waals surface area contributed by atoms with Gasteiger partial charge < -0.3 is 9.47 Å². The van der Waals surface area contributed by atoms with Gasteiger partial charge in [-0.05, 0) is 41.5 Å². The van der Waals surface area contributed by atoms with Gasteiger partial charge in [0.05, 0.1) is 11.4 Å². The highest BCUT2D eigenvalue weighted by Crippen LogP contribution is 2.40. The molecule has 0 saturated carbocycles. The van der Waals surface area contributed by atoms with Gasteiger partial charge in [-0.1, -0.05) is 78.9 Å². The first-order valence-corrected chi connectivity index (χ1v) is 11.5. The maximum absolute atomic E-state index is 5.89. The van der Waals surface area contributed by atoms with Gasteiger partial charge in [0.25, 0.3) is 0 Å². The molecule has 0 fully saturated rings. The second kappa shape index (κ2) is 8.91. The van der Waals surface area contributed by atoms with E-state index in [2.05, 4.69) is 85.1 Å². The summed E-state index contributed by atoms with van der Waals surface area (Å²) in [5.74, 6) is 1.57. The van der Waals surface area contributed by atoms with Crippen molar-refractivity contribution in [3.05, 3.63) is 132 Å². The molecule has 4 nitrogen and oxygen atoms in total. The summed E-state index contributed by atoms with van der Waals surface area (Å²) in [6.07, 6.45) is 2.16. The molecule has 1 aliphatic rings. The van der Waals surface area contributed by atoms with E-state index in [-0.39, 0.29) is 5.92 Å². The van der Waals surface area contributed by atoms with Crippen LogP contribution in [-0.2, 0) is 0 Å². The third-order valence-electron chi connectivity index (χ3n) is 6.16. The van der Waals surface area contributed by atoms with Crippen LogP contribution in [0.15, 0.2) is 115 Å². The van der Waals surface area contributed by atoms with E-state index in [1.54, 1.807) is 0 Å². The topological polar surface area (TPSA) is 36.3 Å². The van der Waals surface area contributed by atoms with Gasteiger partial charge in [0.15, 0.2) is 11.5 Å². The van der Waals surface area contributed by atoms with E-state index in [1.165, 1.54) is 11.1 Å². The van der Waals surface area contributed by atoms with Crippen molar-refractivity contribution in [2.45, 2.75) is 5.92 Å². The Morgan fingerprint density at radius 2 is 1.24 bits per heavy atom. The van der Waals surface area contributed by atoms with Crippen molar-refractivity contribution < 1.29 is 9.47 Å². The van der Waals surface area contributed by atoms with Crippen molar-refractivity contribution in [2.24, 2.45) is 0 Å². The zero-order valence-electron chi connectivity index (χ0n) is 18.7. The third kappa shape index (κ3) is 3.84. The molecular weight excluding hydrogens is 420 g/mol. The third-order valence-corrected chi connectivity index (χ3v) is 6.16. The molecule has 0 bridgehead atoms. The number of aromatic nitrogens is 2. The van der Waals surface area contributed by atoms with Crippen LogP contribution in [0.5, 0.6) is 11.5 Å². The Morgan fingerprint density at radius 3 is 1.88 bits per heavy atom. The molecule has 0 atom stereocenters. The van der Waals surface area contributed by atoms with Crippen molar-refractivity contribution in [2.75, 3.05) is 13.2 Å². The second-order valence-corrected chi connectivity index (χ2v) is 8.33. The quantitative estimate of drug-likeness (QED) is 0.311. The van der Waals surface area contributed by atoms with Gasteiger partial charge >= 0.3 is 0 Å². The molecule has 0 radical (unpaired) electrons. The summed E-state index contributed by atoms with van der Waals surface area (Å²) < 4.78 is 13.6. The summed E-state index contributed by atoms with van der Waals surface area (Å²) in [6, 6.07) is 37.6. The minimum atomic E-state index is 0.0306. The fraction of sp³-hybridized carbons (Fsp3) is 0.100. The molecule has 34 heavy (non-hydrogen) atoms. The average Bonchev–Trinajstić information content (AvgIpc) is 3.35. The molecule has 0 N–H and O–H groups in total. The lowest BCUT2D eigenvalue weighted by Gasteiger charge is -2.20. The number of hydrogen-bond donors (Lipinski definition) is 0. The van der Waals surface area contributed by atoms with E-state index in [1.807, 2.05) is 35.0 Å². The van der Waals surface area contributed by atoms with Crippen molar-refractivity contribution in [1.82, 2.24) is 9.78 Å². The van der Waals surface area contributed by atoms with E-state index in [0.717, 1.165) is 34.0 Å². The Morgan fingerprint density at radius 1 is 0.647 bits per heavy atom. The Balaban J connectivity index is 1.57. The Labute approximate surface area is 199 Å². The zero-order chi connectivity index (χ0) is 22.7. The molecule has 5 aromatic rings. The van der Waals surface area contributed by atoms with E-state index < -0.39 is 0 Å². The van der Waals surface area contributed by atoms with Crippen molar-refractivity contribution >= 4 is 0 Å². The van der Waals surface area contributed by atoms with Crippen LogP contribution in [0, 0.1) is 0 Å². The second-order valence-electron chi connectivity index (χ2n) is 8.33. The predicted molar refractivity (Wildman–Crippen MR) is 134 cm³/mol. The molecule has 1 aromatic heterocycles. The van der Waals surface area contributed by atoms with E-state index in [0.29, 0.717) is 13.2 Å². The molecule has 1 aliphatic heterocycles. The van der Waals surface area contributed by atoms with E-state index in [9.17, 15) is 0 Å². The van der Waals surface area contributed by atoms with Crippen molar-refractivity contribution in [1.29, 1.82) is 0 Å². The monoisotopic (exact) mass is 444 g/mol. The summed E-state index contributed by atoms with van der Waals surface area (Å²) in [5.41, 5.74) is 6.54. The fourth-order valence-electron chi connectivity index (χ4n) is 4.57. The highest BCUT2D eigenvalue weighted by molar-refractivity contribution is 5.69. The number of hydrogen-bond acceptors (Lipinski definition) is 3. The SMILES string of the molecule is c1ccc(C(c2ccccc2)c2cn(-c3ccccc3)nc2-c2ccc3c(c2)OCCO3)cc1. The zero-order valence-corrected chi connectivity index (χ0v) is 18.7. The van der Waals surface area contributed by atoms with Crippen LogP contribution < -0.4 is 9.47 Å². The van der Waals surface area contributed by atoms with Crippen molar-refractivity contribution in [3.63, 3.8) is 0 Å². The van der Waals surface area contributed by atoms with Crippen LogP contribution in [0.4, 0.5) is 0 Å². The van der Waals surface area contributed by atoms with Gasteiger partial charge in [-0.3, -0.25) is 0 Å². The lowest BCUT2D eigenvalue weighted by molar-refractivity contribution is 0.171. The minimum absolute atomic E-state index is 0.0306. The number of ether oxygens (including phenoxy) is 2. The molecule has 0 amide bonds. The number of rotatable bonds is 5. The standard InChI is InChI=1S/C30H24N2O2/c1-4-10-22(11-5-1)29(23-12-6-2-7-13-23)26-21-32(25-14-8-3-9-15-25)31-30(26)24-16-17-27-28(20-24)34-19-18-33-27/h1-17,20-21,29H,18-19H2. The summed E-state index contributed by atoms with van der Waals surface area (Å²) in [6.45, 7) is 1.13. The molecule has 4 aromatic carbocycles. The number of fused-ring (bicyclic) bond motifs is 1. The molecule has 4 heteroatoms. The molecule has 166 valence electrons. The van der Waals surface area contributed by atoms with Gasteiger partial charge in [-0.2, -0.15) is 5.10 Å². The van der Waals surface area contributed by atoms with Crippen LogP contribution in [0.1, 0.15) is 22.6 Å². The van der Waals surface area contributed by atoms with Crippen LogP contribution in [0.25, 0.3) is 16.9 Å². The number of benzene rings is 4. The first-order chi connectivity index (χ1) is 16.9. The number of para-hydroxylation sites is 1. The Bertz CT molecular complexity index is 1360. The summed E-state index contributed by atoms with van der Waals surface area (Å²) in [4.78, 5) is 0. The Kier molecular flexibility index (Phi) is 5.32. The van der Waals surface area contributed by atoms with Crippen LogP contribution in [0.3, 0.4) is 0 Å². The smallest absolute Gasteiger partial charge is 0.162 e. The van der Waals surface area contributed by atoms with Gasteiger partial charge in [-0.25, -0.2) is 4.68 Å². The highest BCUT2D eigenvalue weighted by Gasteiger charge is 2.25. The molecule has 0 saturated heterocycles. The molecule has 0 spiro atoms. The molecule has 2 heterocycles. The van der Waals surface area contributed by atoms with E-state index >= 15 is 0 Å². The maximum atomic E-state index is 5.89. The maximum Gasteiger partial charge on any atom is 0.162 e. The van der Waals surface area contributed by atoms with E-state index in [4.69, 9.17) is 14.6 Å². The molecular formula is C30H24N2O2. The molecule has 6 rings (SSSR count). The first-order valence-electron chi connectivity index (χ1n) is 11.5. The first kappa shape index (κ1) is 20.3. The summed E-state index contributed by atoms with van der Waals surface area (Å²) >= 11 is 0. The lowest BCUT2D eigenvalue weighted by Crippen LogP contribution is -2.15. The van der Waals surface area contributed by atoms with Gasteiger partial charge in [-0.15, -0.1) is 0 Å². The van der Waals surface area contributed by atoms with Crippen molar-refractivity contribution in [3.8, 4) is 28.4 Å². The van der Waals surface area contributed by atoms with Gasteiger partial charge in [0.1, 0.15) is 13.2 Å². The minimum Gasteiger partial charge on any atom is -0.486 e. The van der Waals surface area contributed by atoms with Crippen LogP contribution in [0.2, 0.25) is 0 Å².